The maximum atomic E-state index is 13.6. The maximum absolute atomic E-state index is 13.6. The topological polar surface area (TPSA) is 88.1 Å². The van der Waals surface area contributed by atoms with Gasteiger partial charge in [0.25, 0.3) is 10.1 Å². The highest BCUT2D eigenvalue weighted by molar-refractivity contribution is 7.94. The van der Waals surface area contributed by atoms with Gasteiger partial charge in [0.05, 0.1) is 19.3 Å². The van der Waals surface area contributed by atoms with Crippen LogP contribution in [0.5, 0.6) is 11.5 Å². The van der Waals surface area contributed by atoms with Crippen LogP contribution >= 0.6 is 19.2 Å². The van der Waals surface area contributed by atoms with Gasteiger partial charge in [-0.3, -0.25) is 8.75 Å². The van der Waals surface area contributed by atoms with Gasteiger partial charge in [0.2, 0.25) is 0 Å². The van der Waals surface area contributed by atoms with Crippen LogP contribution in [0.2, 0.25) is 5.02 Å². The van der Waals surface area contributed by atoms with E-state index < -0.39 is 22.7 Å². The number of ether oxygens (including phenoxy) is 1. The monoisotopic (exact) mass is 558 g/mol. The zero-order valence-corrected chi connectivity index (χ0v) is 23.4. The normalized spacial score (nSPS) is 16.1. The van der Waals surface area contributed by atoms with E-state index in [1.165, 1.54) is 0 Å². The largest absolute Gasteiger partial charge is 0.457 e. The lowest BCUT2D eigenvalue weighted by Crippen LogP contribution is -2.31. The average Bonchev–Trinajstić information content (AvgIpc) is 2.84. The maximum Gasteiger partial charge on any atom is 0.351 e. The van der Waals surface area contributed by atoms with Crippen molar-refractivity contribution in [2.75, 3.05) is 13.2 Å². The van der Waals surface area contributed by atoms with Crippen molar-refractivity contribution in [1.29, 1.82) is 0 Å². The molecule has 1 aliphatic rings. The molecule has 0 amide bonds. The van der Waals surface area contributed by atoms with E-state index in [0.29, 0.717) is 42.2 Å². The molecule has 2 aromatic rings. The van der Waals surface area contributed by atoms with E-state index in [1.807, 2.05) is 24.3 Å². The molecule has 0 bridgehead atoms. The van der Waals surface area contributed by atoms with Crippen LogP contribution in [0.1, 0.15) is 64.4 Å². The second-order valence-corrected chi connectivity index (χ2v) is 13.5. The molecule has 0 spiro atoms. The van der Waals surface area contributed by atoms with Crippen LogP contribution < -0.4 is 4.74 Å². The summed E-state index contributed by atoms with van der Waals surface area (Å²) < 4.78 is 62.6. The minimum atomic E-state index is -4.18. The van der Waals surface area contributed by atoms with E-state index in [4.69, 9.17) is 29.6 Å². The van der Waals surface area contributed by atoms with E-state index >= 15 is 0 Å². The van der Waals surface area contributed by atoms with Crippen molar-refractivity contribution in [3.63, 3.8) is 0 Å². The van der Waals surface area contributed by atoms with E-state index in [-0.39, 0.29) is 25.7 Å². The molecule has 0 aromatic heterocycles. The minimum Gasteiger partial charge on any atom is -0.457 e. The van der Waals surface area contributed by atoms with Crippen molar-refractivity contribution in [1.82, 2.24) is 0 Å². The van der Waals surface area contributed by atoms with Crippen molar-refractivity contribution in [3.8, 4) is 11.5 Å². The lowest BCUT2D eigenvalue weighted by atomic mass is 9.98. The molecule has 7 nitrogen and oxygen atoms in total. The lowest BCUT2D eigenvalue weighted by molar-refractivity contribution is 0.158. The molecule has 3 rings (SSSR count). The first-order valence-electron chi connectivity index (χ1n) is 12.6. The third kappa shape index (κ3) is 8.57. The Morgan fingerprint density at radius 1 is 0.972 bits per heavy atom. The molecule has 2 aromatic carbocycles. The van der Waals surface area contributed by atoms with Crippen molar-refractivity contribution >= 4 is 29.3 Å². The first-order chi connectivity index (χ1) is 17.3. The molecule has 0 N–H and O–H groups in total. The molecule has 0 aliphatic heterocycles. The molecule has 0 heterocycles. The first kappa shape index (κ1) is 29.2. The van der Waals surface area contributed by atoms with Crippen LogP contribution in [0.15, 0.2) is 48.5 Å². The number of aryl methyl sites for hydroxylation is 1. The van der Waals surface area contributed by atoms with Crippen molar-refractivity contribution in [3.05, 3.63) is 59.1 Å². The van der Waals surface area contributed by atoms with Crippen LogP contribution in [-0.4, -0.2) is 32.7 Å². The number of benzene rings is 2. The summed E-state index contributed by atoms with van der Waals surface area (Å²) in [5.74, 6) is 1.32. The fourth-order valence-electron chi connectivity index (χ4n) is 4.32. The summed E-state index contributed by atoms with van der Waals surface area (Å²) in [5, 5.41) is 0.629. The zero-order chi connectivity index (χ0) is 26.0. The van der Waals surface area contributed by atoms with Crippen molar-refractivity contribution in [2.45, 2.75) is 76.3 Å². The number of rotatable bonds is 14. The number of hydrogen-bond acceptors (Lipinski definition) is 7. The van der Waals surface area contributed by atoms with Crippen LogP contribution in [0.4, 0.5) is 0 Å². The van der Waals surface area contributed by atoms with Crippen LogP contribution in [0.3, 0.4) is 0 Å². The molecule has 1 fully saturated rings. The van der Waals surface area contributed by atoms with Gasteiger partial charge in [-0.1, -0.05) is 43.0 Å². The molecule has 0 radical (unpaired) electrons. The Balaban J connectivity index is 1.71. The van der Waals surface area contributed by atoms with E-state index in [0.717, 1.165) is 24.8 Å². The van der Waals surface area contributed by atoms with Crippen LogP contribution in [0.25, 0.3) is 0 Å². The molecule has 1 aliphatic carbocycles. The van der Waals surface area contributed by atoms with E-state index in [9.17, 15) is 13.0 Å². The molecule has 1 unspecified atom stereocenters. The SMILES string of the molecule is CCOP(=O)(OCC)C(CCCc1cccc(Oc2ccc(Cl)cc2)c1)S(=O)(=O)OC1CCCCC1. The van der Waals surface area contributed by atoms with Gasteiger partial charge < -0.3 is 13.8 Å². The lowest BCUT2D eigenvalue weighted by Gasteiger charge is -2.28. The van der Waals surface area contributed by atoms with Crippen molar-refractivity contribution < 1.29 is 31.0 Å². The fraction of sp³-hybridized carbons (Fsp3) is 0.538. The Hall–Kier alpha value is -1.41. The molecule has 1 saturated carbocycles. The van der Waals surface area contributed by atoms with E-state index in [1.54, 1.807) is 38.1 Å². The highest BCUT2D eigenvalue weighted by Crippen LogP contribution is 2.57. The van der Waals surface area contributed by atoms with Crippen LogP contribution in [-0.2, 0) is 34.3 Å². The molecule has 10 heteroatoms. The smallest absolute Gasteiger partial charge is 0.351 e. The molecular formula is C26H36ClO7PS. The highest BCUT2D eigenvalue weighted by Gasteiger charge is 2.46. The van der Waals surface area contributed by atoms with Gasteiger partial charge in [-0.05, 0) is 87.9 Å². The predicted octanol–water partition coefficient (Wildman–Crippen LogP) is 7.73. The van der Waals surface area contributed by atoms with Crippen molar-refractivity contribution in [2.24, 2.45) is 0 Å². The Kier molecular flexibility index (Phi) is 11.3. The summed E-state index contributed by atoms with van der Waals surface area (Å²) in [7, 11) is -8.13. The first-order valence-corrected chi connectivity index (χ1v) is 16.0. The van der Waals surface area contributed by atoms with Gasteiger partial charge in [-0.2, -0.15) is 8.42 Å². The molecule has 36 heavy (non-hydrogen) atoms. The van der Waals surface area contributed by atoms with Crippen LogP contribution in [0, 0.1) is 0 Å². The highest BCUT2D eigenvalue weighted by atomic mass is 35.5. The summed E-state index contributed by atoms with van der Waals surface area (Å²) >= 11 is 5.94. The Bertz CT molecular complexity index is 1090. The summed E-state index contributed by atoms with van der Waals surface area (Å²) in [6.45, 7) is 3.50. The quantitative estimate of drug-likeness (QED) is 0.173. The summed E-state index contributed by atoms with van der Waals surface area (Å²) in [6, 6.07) is 14.7. The number of halogens is 1. The third-order valence-electron chi connectivity index (χ3n) is 5.99. The molecule has 0 saturated heterocycles. The zero-order valence-electron chi connectivity index (χ0n) is 20.9. The number of hydrogen-bond donors (Lipinski definition) is 0. The van der Waals surface area contributed by atoms with Gasteiger partial charge in [0.15, 0.2) is 4.99 Å². The third-order valence-corrected chi connectivity index (χ3v) is 11.4. The summed E-state index contributed by atoms with van der Waals surface area (Å²) in [4.78, 5) is -1.37. The molecule has 1 atom stereocenters. The second-order valence-electron chi connectivity index (χ2n) is 8.77. The Morgan fingerprint density at radius 2 is 1.64 bits per heavy atom. The average molecular weight is 559 g/mol. The van der Waals surface area contributed by atoms with Gasteiger partial charge >= 0.3 is 7.60 Å². The standard InChI is InChI=1S/C26H36ClO7PS/c1-3-31-35(28,32-4-2)26(36(29,30)34-24-12-6-5-7-13-24)15-9-11-21-10-8-14-25(20-21)33-23-18-16-22(27)17-19-23/h8,10,14,16-20,24,26H,3-7,9,11-13,15H2,1-2H3. The Morgan fingerprint density at radius 3 is 2.28 bits per heavy atom. The summed E-state index contributed by atoms with van der Waals surface area (Å²) in [5.41, 5.74) is 0.966. The van der Waals surface area contributed by atoms with Gasteiger partial charge in [-0.15, -0.1) is 0 Å². The summed E-state index contributed by atoms with van der Waals surface area (Å²) in [6.07, 6.45) is 5.00. The second kappa shape index (κ2) is 13.9. The predicted molar refractivity (Wildman–Crippen MR) is 142 cm³/mol. The minimum absolute atomic E-state index is 0.0802. The van der Waals surface area contributed by atoms with E-state index in [2.05, 4.69) is 0 Å². The van der Waals surface area contributed by atoms with Gasteiger partial charge in [-0.25, -0.2) is 0 Å². The van der Waals surface area contributed by atoms with Gasteiger partial charge in [0, 0.05) is 5.02 Å². The Labute approximate surface area is 220 Å². The molecular weight excluding hydrogens is 523 g/mol. The van der Waals surface area contributed by atoms with Gasteiger partial charge in [0.1, 0.15) is 11.5 Å². The molecule has 200 valence electrons. The fourth-order valence-corrected chi connectivity index (χ4v) is 9.01.